The van der Waals surface area contributed by atoms with Crippen LogP contribution >= 0.6 is 0 Å². The van der Waals surface area contributed by atoms with Crippen LogP contribution in [0.3, 0.4) is 0 Å². The van der Waals surface area contributed by atoms with Gasteiger partial charge < -0.3 is 16.4 Å². The number of anilines is 2. The smallest absolute Gasteiger partial charge is 0.251 e. The van der Waals surface area contributed by atoms with Gasteiger partial charge in [0, 0.05) is 29.2 Å². The molecular formula is C19H27N5O. The zero-order valence-electron chi connectivity index (χ0n) is 15.0. The summed E-state index contributed by atoms with van der Waals surface area (Å²) in [5, 5.41) is 6.10. The van der Waals surface area contributed by atoms with Crippen LogP contribution in [0.5, 0.6) is 0 Å². The molecule has 0 radical (unpaired) electrons. The molecule has 2 aromatic rings. The lowest BCUT2D eigenvalue weighted by atomic mass is 10.1. The Morgan fingerprint density at radius 2 is 1.64 bits per heavy atom. The van der Waals surface area contributed by atoms with Gasteiger partial charge in [-0.3, -0.25) is 4.79 Å². The van der Waals surface area contributed by atoms with Crippen molar-refractivity contribution < 1.29 is 4.79 Å². The van der Waals surface area contributed by atoms with E-state index in [2.05, 4.69) is 20.6 Å². The third kappa shape index (κ3) is 6.51. The lowest BCUT2D eigenvalue weighted by Gasteiger charge is -2.08. The van der Waals surface area contributed by atoms with E-state index in [4.69, 9.17) is 5.73 Å². The van der Waals surface area contributed by atoms with Crippen molar-refractivity contribution in [2.75, 3.05) is 18.4 Å². The second kappa shape index (κ2) is 9.74. The van der Waals surface area contributed by atoms with Crippen molar-refractivity contribution in [3.05, 3.63) is 47.3 Å². The van der Waals surface area contributed by atoms with Crippen LogP contribution in [-0.4, -0.2) is 29.0 Å². The number of aromatic nitrogens is 2. The molecule has 0 unspecified atom stereocenters. The predicted molar refractivity (Wildman–Crippen MR) is 101 cm³/mol. The van der Waals surface area contributed by atoms with E-state index in [1.807, 2.05) is 32.0 Å². The van der Waals surface area contributed by atoms with Gasteiger partial charge in [-0.15, -0.1) is 0 Å². The number of nitrogens with one attached hydrogen (secondary N) is 2. The Morgan fingerprint density at radius 3 is 2.28 bits per heavy atom. The van der Waals surface area contributed by atoms with Gasteiger partial charge in [-0.05, 0) is 63.6 Å². The zero-order valence-corrected chi connectivity index (χ0v) is 15.0. The second-order valence-corrected chi connectivity index (χ2v) is 6.14. The highest BCUT2D eigenvalue weighted by molar-refractivity contribution is 5.94. The van der Waals surface area contributed by atoms with Crippen molar-refractivity contribution in [2.24, 2.45) is 5.73 Å². The van der Waals surface area contributed by atoms with Crippen LogP contribution in [0.4, 0.5) is 11.6 Å². The Hall–Kier alpha value is -2.47. The molecule has 2 rings (SSSR count). The maximum absolute atomic E-state index is 12.1. The summed E-state index contributed by atoms with van der Waals surface area (Å²) >= 11 is 0. The fourth-order valence-electron chi connectivity index (χ4n) is 2.54. The summed E-state index contributed by atoms with van der Waals surface area (Å²) in [6.07, 6.45) is 4.24. The summed E-state index contributed by atoms with van der Waals surface area (Å²) < 4.78 is 0. The first-order chi connectivity index (χ1) is 12.1. The number of nitrogens with two attached hydrogens (primary N) is 1. The normalized spacial score (nSPS) is 10.5. The number of carbonyl (C=O) groups is 1. The van der Waals surface area contributed by atoms with Crippen molar-refractivity contribution >= 4 is 17.5 Å². The quantitative estimate of drug-likeness (QED) is 0.610. The third-order valence-corrected chi connectivity index (χ3v) is 3.80. The summed E-state index contributed by atoms with van der Waals surface area (Å²) in [5.74, 6) is 0.514. The maximum atomic E-state index is 12.1. The van der Waals surface area contributed by atoms with Crippen LogP contribution in [0.2, 0.25) is 0 Å². The fourth-order valence-corrected chi connectivity index (χ4v) is 2.54. The fraction of sp³-hybridized carbons (Fsp3) is 0.421. The average molecular weight is 341 g/mol. The van der Waals surface area contributed by atoms with Crippen molar-refractivity contribution in [2.45, 2.75) is 39.5 Å². The van der Waals surface area contributed by atoms with Crippen molar-refractivity contribution in [1.82, 2.24) is 15.3 Å². The van der Waals surface area contributed by atoms with Crippen LogP contribution in [-0.2, 0) is 0 Å². The molecule has 0 bridgehead atoms. The van der Waals surface area contributed by atoms with Gasteiger partial charge in [-0.2, -0.15) is 0 Å². The molecule has 0 saturated carbocycles. The molecule has 1 aromatic carbocycles. The van der Waals surface area contributed by atoms with E-state index < -0.39 is 0 Å². The summed E-state index contributed by atoms with van der Waals surface area (Å²) in [4.78, 5) is 20.8. The standard InChI is InChI=1S/C19H27N5O/c1-14-13-15(2)23-19(22-14)24-17-9-7-16(8-10-17)18(25)21-12-6-4-3-5-11-20/h7-10,13H,3-6,11-12,20H2,1-2H3,(H,21,25)(H,22,23,24). The Labute approximate surface area is 149 Å². The van der Waals surface area contributed by atoms with Crippen LogP contribution in [0.1, 0.15) is 47.4 Å². The summed E-state index contributed by atoms with van der Waals surface area (Å²) in [7, 11) is 0. The second-order valence-electron chi connectivity index (χ2n) is 6.14. The van der Waals surface area contributed by atoms with Gasteiger partial charge in [-0.25, -0.2) is 9.97 Å². The summed E-state index contributed by atoms with van der Waals surface area (Å²) in [6, 6.07) is 9.24. The Balaban J connectivity index is 1.83. The molecule has 1 amide bonds. The number of aryl methyl sites for hydroxylation is 2. The van der Waals surface area contributed by atoms with Gasteiger partial charge in [0.15, 0.2) is 0 Å². The predicted octanol–water partition coefficient (Wildman–Crippen LogP) is 3.09. The first-order valence-corrected chi connectivity index (χ1v) is 8.76. The molecule has 1 aromatic heterocycles. The van der Waals surface area contributed by atoms with E-state index in [1.165, 1.54) is 0 Å². The van der Waals surface area contributed by atoms with Gasteiger partial charge >= 0.3 is 0 Å². The van der Waals surface area contributed by atoms with Crippen LogP contribution < -0.4 is 16.4 Å². The van der Waals surface area contributed by atoms with E-state index in [1.54, 1.807) is 12.1 Å². The monoisotopic (exact) mass is 341 g/mol. The summed E-state index contributed by atoms with van der Waals surface area (Å²) in [6.45, 7) is 5.30. The van der Waals surface area contributed by atoms with Gasteiger partial charge in [0.05, 0.1) is 0 Å². The number of carbonyl (C=O) groups excluding carboxylic acids is 1. The molecule has 0 fully saturated rings. The molecular weight excluding hydrogens is 314 g/mol. The number of hydrogen-bond donors (Lipinski definition) is 3. The number of unbranched alkanes of at least 4 members (excludes halogenated alkanes) is 3. The highest BCUT2D eigenvalue weighted by Crippen LogP contribution is 2.15. The molecule has 0 saturated heterocycles. The maximum Gasteiger partial charge on any atom is 0.251 e. The lowest BCUT2D eigenvalue weighted by Crippen LogP contribution is -2.24. The highest BCUT2D eigenvalue weighted by atomic mass is 16.1. The molecule has 0 aliphatic carbocycles. The van der Waals surface area contributed by atoms with Gasteiger partial charge in [-0.1, -0.05) is 12.8 Å². The van der Waals surface area contributed by atoms with Crippen LogP contribution in [0.15, 0.2) is 30.3 Å². The molecule has 134 valence electrons. The SMILES string of the molecule is Cc1cc(C)nc(Nc2ccc(C(=O)NCCCCCCN)cc2)n1. The van der Waals surface area contributed by atoms with Gasteiger partial charge in [0.25, 0.3) is 5.91 Å². The average Bonchev–Trinajstić information content (AvgIpc) is 2.57. The molecule has 0 aliphatic heterocycles. The molecule has 0 spiro atoms. The molecule has 6 nitrogen and oxygen atoms in total. The molecule has 4 N–H and O–H groups in total. The minimum Gasteiger partial charge on any atom is -0.352 e. The Kier molecular flexibility index (Phi) is 7.35. The van der Waals surface area contributed by atoms with E-state index in [-0.39, 0.29) is 5.91 Å². The first kappa shape index (κ1) is 18.9. The van der Waals surface area contributed by atoms with E-state index in [9.17, 15) is 4.79 Å². The van der Waals surface area contributed by atoms with Crippen molar-refractivity contribution in [1.29, 1.82) is 0 Å². The lowest BCUT2D eigenvalue weighted by molar-refractivity contribution is 0.0953. The highest BCUT2D eigenvalue weighted by Gasteiger charge is 2.05. The molecule has 6 heteroatoms. The zero-order chi connectivity index (χ0) is 18.1. The molecule has 1 heterocycles. The largest absolute Gasteiger partial charge is 0.352 e. The number of amides is 1. The molecule has 0 aliphatic rings. The van der Waals surface area contributed by atoms with Crippen molar-refractivity contribution in [3.63, 3.8) is 0 Å². The molecule has 25 heavy (non-hydrogen) atoms. The Morgan fingerprint density at radius 1 is 1.00 bits per heavy atom. The number of rotatable bonds is 9. The topological polar surface area (TPSA) is 92.9 Å². The van der Waals surface area contributed by atoms with E-state index in [0.29, 0.717) is 18.1 Å². The summed E-state index contributed by atoms with van der Waals surface area (Å²) in [5.41, 5.74) is 8.79. The van der Waals surface area contributed by atoms with Gasteiger partial charge in [0.2, 0.25) is 5.95 Å². The van der Waals surface area contributed by atoms with E-state index in [0.717, 1.165) is 49.3 Å². The number of benzene rings is 1. The van der Waals surface area contributed by atoms with Crippen LogP contribution in [0.25, 0.3) is 0 Å². The minimum absolute atomic E-state index is 0.0481. The molecule has 0 atom stereocenters. The first-order valence-electron chi connectivity index (χ1n) is 8.76. The number of nitrogens with zero attached hydrogens (tertiary/aromatic N) is 2. The van der Waals surface area contributed by atoms with Crippen LogP contribution in [0, 0.1) is 13.8 Å². The van der Waals surface area contributed by atoms with Gasteiger partial charge in [0.1, 0.15) is 0 Å². The Bertz CT molecular complexity index is 664. The number of hydrogen-bond acceptors (Lipinski definition) is 5. The van der Waals surface area contributed by atoms with Crippen molar-refractivity contribution in [3.8, 4) is 0 Å². The van der Waals surface area contributed by atoms with E-state index >= 15 is 0 Å². The minimum atomic E-state index is -0.0481. The third-order valence-electron chi connectivity index (χ3n) is 3.80.